The van der Waals surface area contributed by atoms with Gasteiger partial charge in [0.25, 0.3) is 0 Å². The van der Waals surface area contributed by atoms with E-state index < -0.39 is 6.08 Å². The number of imidazole rings is 1. The first kappa shape index (κ1) is 20.5. The third-order valence-electron chi connectivity index (χ3n) is 5.38. The molecule has 30 heavy (non-hydrogen) atoms. The van der Waals surface area contributed by atoms with Crippen molar-refractivity contribution in [3.05, 3.63) is 40.7 Å². The van der Waals surface area contributed by atoms with E-state index in [1.807, 2.05) is 4.57 Å². The highest BCUT2D eigenvalue weighted by Crippen LogP contribution is 2.30. The van der Waals surface area contributed by atoms with E-state index in [0.717, 1.165) is 43.1 Å². The highest BCUT2D eigenvalue weighted by molar-refractivity contribution is 5.82. The fraction of sp³-hybridized carbons (Fsp3) is 0.500. The van der Waals surface area contributed by atoms with Crippen LogP contribution in [0.5, 0.6) is 5.75 Å². The van der Waals surface area contributed by atoms with Crippen LogP contribution < -0.4 is 15.8 Å². The third-order valence-corrected chi connectivity index (χ3v) is 5.38. The Morgan fingerprint density at radius 1 is 1.23 bits per heavy atom. The van der Waals surface area contributed by atoms with Crippen LogP contribution in [0.3, 0.4) is 0 Å². The first-order valence-electron chi connectivity index (χ1n) is 10.4. The van der Waals surface area contributed by atoms with E-state index in [2.05, 4.69) is 55.1 Å². The molecule has 3 N–H and O–H groups in total. The van der Waals surface area contributed by atoms with Gasteiger partial charge in [-0.1, -0.05) is 6.07 Å². The van der Waals surface area contributed by atoms with E-state index in [-0.39, 0.29) is 11.4 Å². The summed E-state index contributed by atoms with van der Waals surface area (Å²) in [4.78, 5) is 12.3. The zero-order valence-corrected chi connectivity index (χ0v) is 18.0. The molecule has 0 fully saturated rings. The van der Waals surface area contributed by atoms with Gasteiger partial charge in [0.1, 0.15) is 11.6 Å². The van der Waals surface area contributed by atoms with Crippen LogP contribution in [-0.2, 0) is 19.4 Å². The minimum atomic E-state index is -0.831. The number of rotatable bonds is 6. The van der Waals surface area contributed by atoms with Gasteiger partial charge in [-0.2, -0.15) is 14.4 Å². The lowest BCUT2D eigenvalue weighted by atomic mass is 10.0. The molecular weight excluding hydrogens is 383 g/mol. The monoisotopic (exact) mass is 412 g/mol. The molecule has 0 bridgehead atoms. The summed E-state index contributed by atoms with van der Waals surface area (Å²) in [5, 5.41) is 3.48. The SMILES string of the molecule is Cc1cc2c(cc1Cc1nc3c(N)nc(F)nc3n1CCCNC(C)(C)C)OCC2. The number of nitrogens with one attached hydrogen (secondary N) is 1. The van der Waals surface area contributed by atoms with Crippen LogP contribution in [-0.4, -0.2) is 38.2 Å². The normalized spacial score (nSPS) is 13.6. The van der Waals surface area contributed by atoms with Gasteiger partial charge >= 0.3 is 6.08 Å². The van der Waals surface area contributed by atoms with E-state index in [1.165, 1.54) is 11.1 Å². The Morgan fingerprint density at radius 2 is 2.03 bits per heavy atom. The number of nitrogen functional groups attached to an aromatic ring is 1. The molecule has 0 saturated carbocycles. The number of ether oxygens (including phenoxy) is 1. The van der Waals surface area contributed by atoms with E-state index >= 15 is 0 Å². The molecule has 3 aromatic rings. The summed E-state index contributed by atoms with van der Waals surface area (Å²) in [6, 6.07) is 4.28. The molecule has 2 aromatic heterocycles. The van der Waals surface area contributed by atoms with Gasteiger partial charge in [-0.15, -0.1) is 0 Å². The smallest absolute Gasteiger partial charge is 0.312 e. The van der Waals surface area contributed by atoms with E-state index in [0.29, 0.717) is 24.1 Å². The summed E-state index contributed by atoms with van der Waals surface area (Å²) in [5.41, 5.74) is 10.5. The van der Waals surface area contributed by atoms with Crippen LogP contribution >= 0.6 is 0 Å². The van der Waals surface area contributed by atoms with Crippen LogP contribution in [0.15, 0.2) is 12.1 Å². The first-order chi connectivity index (χ1) is 14.2. The van der Waals surface area contributed by atoms with Crippen LogP contribution in [0.1, 0.15) is 49.7 Å². The number of nitrogens with zero attached hydrogens (tertiary/aromatic N) is 4. The lowest BCUT2D eigenvalue weighted by molar-refractivity contribution is 0.356. The number of halogens is 1. The fourth-order valence-electron chi connectivity index (χ4n) is 3.86. The van der Waals surface area contributed by atoms with Gasteiger partial charge in [0.2, 0.25) is 0 Å². The number of aryl methyl sites for hydroxylation is 2. The Balaban J connectivity index is 1.67. The van der Waals surface area contributed by atoms with Crippen molar-refractivity contribution in [1.82, 2.24) is 24.8 Å². The first-order valence-corrected chi connectivity index (χ1v) is 10.4. The highest BCUT2D eigenvalue weighted by atomic mass is 19.1. The Bertz CT molecular complexity index is 1090. The molecule has 4 rings (SSSR count). The second-order valence-corrected chi connectivity index (χ2v) is 8.92. The maximum atomic E-state index is 13.9. The van der Waals surface area contributed by atoms with E-state index in [4.69, 9.17) is 15.5 Å². The van der Waals surface area contributed by atoms with Gasteiger partial charge in [-0.3, -0.25) is 0 Å². The quantitative estimate of drug-likeness (QED) is 0.477. The maximum absolute atomic E-state index is 13.9. The van der Waals surface area contributed by atoms with Crippen molar-refractivity contribution in [2.24, 2.45) is 0 Å². The van der Waals surface area contributed by atoms with Crippen molar-refractivity contribution in [3.63, 3.8) is 0 Å². The standard InChI is InChI=1S/C22H29FN6O/c1-13-10-14-6-9-30-16(14)11-15(13)12-17-26-18-19(24)27-21(23)28-20(18)29(17)8-5-7-25-22(2,3)4/h10-11,25H,5-9,12H2,1-4H3,(H2,24,27,28). The number of nitrogens with two attached hydrogens (primary N) is 1. The van der Waals surface area contributed by atoms with Crippen molar-refractivity contribution in [2.45, 2.75) is 59.0 Å². The number of anilines is 1. The molecule has 0 saturated heterocycles. The molecule has 0 radical (unpaired) electrons. The number of fused-ring (bicyclic) bond motifs is 2. The lowest BCUT2D eigenvalue weighted by Crippen LogP contribution is -2.36. The average Bonchev–Trinajstić information content (AvgIpc) is 3.23. The van der Waals surface area contributed by atoms with E-state index in [1.54, 1.807) is 0 Å². The third kappa shape index (κ3) is 4.23. The molecular formula is C22H29FN6O. The molecule has 1 aliphatic heterocycles. The average molecular weight is 413 g/mol. The molecule has 0 spiro atoms. The minimum Gasteiger partial charge on any atom is -0.493 e. The van der Waals surface area contributed by atoms with Gasteiger partial charge in [-0.25, -0.2) is 4.98 Å². The number of aromatic nitrogens is 4. The molecule has 0 unspecified atom stereocenters. The maximum Gasteiger partial charge on any atom is 0.312 e. The molecule has 8 heteroatoms. The van der Waals surface area contributed by atoms with Crippen molar-refractivity contribution in [2.75, 3.05) is 18.9 Å². The fourth-order valence-corrected chi connectivity index (χ4v) is 3.86. The Morgan fingerprint density at radius 3 is 2.80 bits per heavy atom. The molecule has 0 amide bonds. The van der Waals surface area contributed by atoms with Crippen LogP contribution in [0.25, 0.3) is 11.2 Å². The Hall–Kier alpha value is -2.74. The molecule has 160 valence electrons. The second-order valence-electron chi connectivity index (χ2n) is 8.92. The minimum absolute atomic E-state index is 0.0417. The molecule has 1 aromatic carbocycles. The van der Waals surface area contributed by atoms with Crippen molar-refractivity contribution >= 4 is 17.0 Å². The summed E-state index contributed by atoms with van der Waals surface area (Å²) < 4.78 is 21.6. The van der Waals surface area contributed by atoms with Crippen molar-refractivity contribution < 1.29 is 9.13 Å². The lowest BCUT2D eigenvalue weighted by Gasteiger charge is -2.20. The summed E-state index contributed by atoms with van der Waals surface area (Å²) in [6.45, 7) is 10.7. The largest absolute Gasteiger partial charge is 0.493 e. The van der Waals surface area contributed by atoms with Crippen LogP contribution in [0, 0.1) is 13.0 Å². The Labute approximate surface area is 175 Å². The van der Waals surface area contributed by atoms with Crippen LogP contribution in [0.4, 0.5) is 10.2 Å². The van der Waals surface area contributed by atoms with Gasteiger partial charge in [0.05, 0.1) is 6.61 Å². The summed E-state index contributed by atoms with van der Waals surface area (Å²) >= 11 is 0. The predicted molar refractivity (Wildman–Crippen MR) is 115 cm³/mol. The molecule has 1 aliphatic rings. The van der Waals surface area contributed by atoms with Gasteiger partial charge in [-0.05, 0) is 63.4 Å². The van der Waals surface area contributed by atoms with Gasteiger partial charge in [0, 0.05) is 24.9 Å². The predicted octanol–water partition coefficient (Wildman–Crippen LogP) is 3.16. The molecule has 3 heterocycles. The van der Waals surface area contributed by atoms with Crippen molar-refractivity contribution in [1.29, 1.82) is 0 Å². The second kappa shape index (κ2) is 7.83. The summed E-state index contributed by atoms with van der Waals surface area (Å²) in [7, 11) is 0. The summed E-state index contributed by atoms with van der Waals surface area (Å²) in [5.74, 6) is 1.81. The number of benzene rings is 1. The molecule has 7 nitrogen and oxygen atoms in total. The Kier molecular flexibility index (Phi) is 5.36. The highest BCUT2D eigenvalue weighted by Gasteiger charge is 2.20. The van der Waals surface area contributed by atoms with E-state index in [9.17, 15) is 4.39 Å². The number of hydrogen-bond acceptors (Lipinski definition) is 6. The number of hydrogen-bond donors (Lipinski definition) is 2. The van der Waals surface area contributed by atoms with Crippen molar-refractivity contribution in [3.8, 4) is 5.75 Å². The molecule has 0 aliphatic carbocycles. The van der Waals surface area contributed by atoms with Gasteiger partial charge in [0.15, 0.2) is 17.0 Å². The zero-order valence-electron chi connectivity index (χ0n) is 18.0. The topological polar surface area (TPSA) is 90.9 Å². The molecule has 0 atom stereocenters. The zero-order chi connectivity index (χ0) is 21.5. The van der Waals surface area contributed by atoms with Crippen LogP contribution in [0.2, 0.25) is 0 Å². The van der Waals surface area contributed by atoms with Gasteiger partial charge < -0.3 is 20.4 Å². The summed E-state index contributed by atoms with van der Waals surface area (Å²) in [6.07, 6.45) is 1.56.